The molecule has 0 radical (unpaired) electrons. The second kappa shape index (κ2) is 6.54. The first-order chi connectivity index (χ1) is 9.17. The number of methoxy groups -OCH3 is 2. The van der Waals surface area contributed by atoms with Crippen LogP contribution in [0.2, 0.25) is 0 Å². The van der Waals surface area contributed by atoms with Crippen LogP contribution in [0.1, 0.15) is 5.56 Å². The Hall–Kier alpha value is -0.850. The minimum absolute atomic E-state index is 0.281. The Labute approximate surface area is 121 Å². The van der Waals surface area contributed by atoms with Gasteiger partial charge in [-0.05, 0) is 22.0 Å². The second-order valence-electron chi connectivity index (χ2n) is 4.43. The van der Waals surface area contributed by atoms with Crippen molar-refractivity contribution in [1.29, 1.82) is 0 Å². The molecule has 0 aromatic heterocycles. The number of rotatable bonds is 4. The molecule has 1 aliphatic heterocycles. The van der Waals surface area contributed by atoms with Crippen molar-refractivity contribution in [1.82, 2.24) is 10.2 Å². The highest BCUT2D eigenvalue weighted by atomic mass is 79.9. The molecule has 106 valence electrons. The van der Waals surface area contributed by atoms with E-state index in [4.69, 9.17) is 9.47 Å². The maximum Gasteiger partial charge on any atom is 0.177 e. The highest BCUT2D eigenvalue weighted by Crippen LogP contribution is 2.39. The third kappa shape index (κ3) is 3.19. The van der Waals surface area contributed by atoms with Crippen molar-refractivity contribution < 1.29 is 13.9 Å². The molecule has 0 saturated carbocycles. The van der Waals surface area contributed by atoms with Gasteiger partial charge in [-0.25, -0.2) is 4.39 Å². The second-order valence-corrected chi connectivity index (χ2v) is 5.22. The number of hydrogen-bond acceptors (Lipinski definition) is 4. The van der Waals surface area contributed by atoms with Crippen LogP contribution in [0.4, 0.5) is 4.39 Å². The molecule has 1 saturated heterocycles. The predicted molar refractivity (Wildman–Crippen MR) is 75.4 cm³/mol. The Morgan fingerprint density at radius 1 is 1.32 bits per heavy atom. The van der Waals surface area contributed by atoms with Crippen molar-refractivity contribution >= 4 is 15.9 Å². The van der Waals surface area contributed by atoms with Gasteiger partial charge in [-0.2, -0.15) is 0 Å². The molecule has 1 aliphatic rings. The van der Waals surface area contributed by atoms with E-state index in [2.05, 4.69) is 26.1 Å². The Balaban J connectivity index is 2.26. The smallest absolute Gasteiger partial charge is 0.177 e. The monoisotopic (exact) mass is 332 g/mol. The van der Waals surface area contributed by atoms with Crippen LogP contribution in [0.5, 0.6) is 11.5 Å². The zero-order chi connectivity index (χ0) is 13.8. The minimum Gasteiger partial charge on any atom is -0.493 e. The van der Waals surface area contributed by atoms with Gasteiger partial charge in [0.05, 0.1) is 18.7 Å². The molecular formula is C13H18BrFN2O2. The average Bonchev–Trinajstić information content (AvgIpc) is 2.45. The van der Waals surface area contributed by atoms with Crippen molar-refractivity contribution in [2.75, 3.05) is 40.4 Å². The molecule has 0 bridgehead atoms. The molecule has 19 heavy (non-hydrogen) atoms. The van der Waals surface area contributed by atoms with E-state index in [0.717, 1.165) is 26.2 Å². The number of benzene rings is 1. The summed E-state index contributed by atoms with van der Waals surface area (Å²) < 4.78 is 25.0. The van der Waals surface area contributed by atoms with Gasteiger partial charge >= 0.3 is 0 Å². The SMILES string of the molecule is COc1cc(CN2CCNCC2)c(F)c(Br)c1OC. The molecule has 2 rings (SSSR count). The summed E-state index contributed by atoms with van der Waals surface area (Å²) in [6.07, 6.45) is 0. The van der Waals surface area contributed by atoms with Crippen LogP contribution in [0.25, 0.3) is 0 Å². The molecule has 0 atom stereocenters. The molecule has 0 spiro atoms. The lowest BCUT2D eigenvalue weighted by Crippen LogP contribution is -2.43. The lowest BCUT2D eigenvalue weighted by Gasteiger charge is -2.27. The predicted octanol–water partition coefficient (Wildman–Crippen LogP) is 2.01. The van der Waals surface area contributed by atoms with Crippen molar-refractivity contribution in [3.63, 3.8) is 0 Å². The van der Waals surface area contributed by atoms with Crippen LogP contribution in [-0.4, -0.2) is 45.3 Å². The first kappa shape index (κ1) is 14.6. The van der Waals surface area contributed by atoms with Gasteiger partial charge in [0.1, 0.15) is 5.82 Å². The average molecular weight is 333 g/mol. The summed E-state index contributed by atoms with van der Waals surface area (Å²) in [6.45, 7) is 4.30. The summed E-state index contributed by atoms with van der Waals surface area (Å²) in [6, 6.07) is 1.71. The van der Waals surface area contributed by atoms with Crippen LogP contribution in [0.3, 0.4) is 0 Å². The topological polar surface area (TPSA) is 33.7 Å². The summed E-state index contributed by atoms with van der Waals surface area (Å²) in [7, 11) is 3.05. The fraction of sp³-hybridized carbons (Fsp3) is 0.538. The molecular weight excluding hydrogens is 315 g/mol. The molecule has 0 unspecified atom stereocenters. The Morgan fingerprint density at radius 2 is 2.00 bits per heavy atom. The summed E-state index contributed by atoms with van der Waals surface area (Å²) in [4.78, 5) is 2.22. The van der Waals surface area contributed by atoms with Gasteiger partial charge in [-0.3, -0.25) is 4.90 Å². The van der Waals surface area contributed by atoms with Crippen molar-refractivity contribution in [2.24, 2.45) is 0 Å². The molecule has 0 aliphatic carbocycles. The standard InChI is InChI=1S/C13H18BrFN2O2/c1-18-10-7-9(8-17-5-3-16-4-6-17)12(15)11(14)13(10)19-2/h7,16H,3-6,8H2,1-2H3. The van der Waals surface area contributed by atoms with Crippen LogP contribution in [0, 0.1) is 5.82 Å². The zero-order valence-corrected chi connectivity index (χ0v) is 12.7. The molecule has 1 N–H and O–H groups in total. The van der Waals surface area contributed by atoms with Crippen molar-refractivity contribution in [3.8, 4) is 11.5 Å². The summed E-state index contributed by atoms with van der Waals surface area (Å²) in [5.74, 6) is 0.654. The van der Waals surface area contributed by atoms with Crippen molar-refractivity contribution in [3.05, 3.63) is 21.9 Å². The molecule has 1 heterocycles. The molecule has 1 aromatic carbocycles. The van der Waals surface area contributed by atoms with Crippen LogP contribution < -0.4 is 14.8 Å². The zero-order valence-electron chi connectivity index (χ0n) is 11.1. The van der Waals surface area contributed by atoms with Gasteiger partial charge in [0.2, 0.25) is 0 Å². The van der Waals surface area contributed by atoms with Crippen LogP contribution in [-0.2, 0) is 6.54 Å². The van der Waals surface area contributed by atoms with E-state index in [1.807, 2.05) is 0 Å². The van der Waals surface area contributed by atoms with E-state index in [1.165, 1.54) is 7.11 Å². The first-order valence-electron chi connectivity index (χ1n) is 6.19. The van der Waals surface area contributed by atoms with Gasteiger partial charge < -0.3 is 14.8 Å². The third-order valence-corrected chi connectivity index (χ3v) is 3.94. The van der Waals surface area contributed by atoms with E-state index in [-0.39, 0.29) is 5.82 Å². The summed E-state index contributed by atoms with van der Waals surface area (Å²) >= 11 is 3.24. The molecule has 4 nitrogen and oxygen atoms in total. The Kier molecular flexibility index (Phi) is 5.01. The molecule has 1 fully saturated rings. The number of piperazine rings is 1. The van der Waals surface area contributed by atoms with E-state index in [1.54, 1.807) is 13.2 Å². The third-order valence-electron chi connectivity index (χ3n) is 3.23. The van der Waals surface area contributed by atoms with Crippen LogP contribution >= 0.6 is 15.9 Å². The highest BCUT2D eigenvalue weighted by Gasteiger charge is 2.20. The first-order valence-corrected chi connectivity index (χ1v) is 6.98. The van der Waals surface area contributed by atoms with E-state index < -0.39 is 0 Å². The van der Waals surface area contributed by atoms with Crippen molar-refractivity contribution in [2.45, 2.75) is 6.54 Å². The summed E-state index contributed by atoms with van der Waals surface area (Å²) in [5.41, 5.74) is 0.617. The highest BCUT2D eigenvalue weighted by molar-refractivity contribution is 9.10. The lowest BCUT2D eigenvalue weighted by atomic mass is 10.1. The quantitative estimate of drug-likeness (QED) is 0.914. The number of hydrogen-bond donors (Lipinski definition) is 1. The minimum atomic E-state index is -0.281. The number of halogens is 2. The lowest BCUT2D eigenvalue weighted by molar-refractivity contribution is 0.229. The largest absolute Gasteiger partial charge is 0.493 e. The van der Waals surface area contributed by atoms with Crippen LogP contribution in [0.15, 0.2) is 10.5 Å². The normalized spacial score (nSPS) is 16.4. The maximum atomic E-state index is 14.3. The molecule has 0 amide bonds. The Bertz CT molecular complexity index is 451. The van der Waals surface area contributed by atoms with Gasteiger partial charge in [0, 0.05) is 38.3 Å². The fourth-order valence-electron chi connectivity index (χ4n) is 2.20. The van der Waals surface area contributed by atoms with Gasteiger partial charge in [0.15, 0.2) is 11.5 Å². The number of nitrogens with one attached hydrogen (secondary N) is 1. The summed E-state index contributed by atoms with van der Waals surface area (Å²) in [5, 5.41) is 3.28. The molecule has 1 aromatic rings. The number of nitrogens with zero attached hydrogens (tertiary/aromatic N) is 1. The van der Waals surface area contributed by atoms with E-state index >= 15 is 0 Å². The maximum absolute atomic E-state index is 14.3. The van der Waals surface area contributed by atoms with E-state index in [0.29, 0.717) is 28.1 Å². The Morgan fingerprint density at radius 3 is 2.58 bits per heavy atom. The van der Waals surface area contributed by atoms with E-state index in [9.17, 15) is 4.39 Å². The number of ether oxygens (including phenoxy) is 2. The van der Waals surface area contributed by atoms with Gasteiger partial charge in [0.25, 0.3) is 0 Å². The van der Waals surface area contributed by atoms with Gasteiger partial charge in [-0.1, -0.05) is 0 Å². The molecule has 6 heteroatoms. The van der Waals surface area contributed by atoms with Gasteiger partial charge in [-0.15, -0.1) is 0 Å². The fourth-order valence-corrected chi connectivity index (χ4v) is 2.81.